The summed E-state index contributed by atoms with van der Waals surface area (Å²) in [5, 5.41) is 14.2. The second kappa shape index (κ2) is 10.8. The van der Waals surface area contributed by atoms with Gasteiger partial charge >= 0.3 is 0 Å². The van der Waals surface area contributed by atoms with Crippen molar-refractivity contribution in [2.75, 3.05) is 11.1 Å². The molecule has 3 rings (SSSR count). The van der Waals surface area contributed by atoms with Gasteiger partial charge in [-0.3, -0.25) is 9.59 Å². The van der Waals surface area contributed by atoms with Crippen molar-refractivity contribution in [3.8, 4) is 6.07 Å². The first-order valence-corrected chi connectivity index (χ1v) is 10.6. The molecule has 0 fully saturated rings. The van der Waals surface area contributed by atoms with Gasteiger partial charge in [-0.1, -0.05) is 48.0 Å². The number of nitrogens with zero attached hydrogens (tertiary/aromatic N) is 1. The van der Waals surface area contributed by atoms with Gasteiger partial charge in [-0.2, -0.15) is 5.26 Å². The third-order valence-corrected chi connectivity index (χ3v) is 5.18. The average molecular weight is 428 g/mol. The lowest BCUT2D eigenvalue weighted by molar-refractivity contribution is -0.113. The number of benzene rings is 3. The zero-order chi connectivity index (χ0) is 22.1. The second-order valence-corrected chi connectivity index (χ2v) is 7.77. The van der Waals surface area contributed by atoms with Crippen molar-refractivity contribution >= 4 is 35.3 Å². The van der Waals surface area contributed by atoms with Gasteiger partial charge in [-0.25, -0.2) is 0 Å². The van der Waals surface area contributed by atoms with Gasteiger partial charge in [0.2, 0.25) is 0 Å². The van der Waals surface area contributed by atoms with Crippen LogP contribution in [-0.2, 0) is 4.79 Å². The van der Waals surface area contributed by atoms with Crippen molar-refractivity contribution < 1.29 is 9.59 Å². The molecule has 5 nitrogen and oxygen atoms in total. The standard InChI is InChI=1S/C25H21N3O2S/c1-18-6-5-7-19(16-18)17-23(28-24(29)20-8-3-2-4-9-20)25(30)27-21-10-12-22(13-11-21)31-15-14-26/h2-13,16-17H,15H2,1H3,(H,27,30)(H,28,29)/b23-17-. The van der Waals surface area contributed by atoms with Crippen molar-refractivity contribution in [2.24, 2.45) is 0 Å². The number of nitriles is 1. The minimum absolute atomic E-state index is 0.141. The van der Waals surface area contributed by atoms with Gasteiger partial charge in [-0.15, -0.1) is 11.8 Å². The predicted molar refractivity (Wildman–Crippen MR) is 124 cm³/mol. The molecule has 0 aliphatic carbocycles. The number of amides is 2. The van der Waals surface area contributed by atoms with Crippen LogP contribution in [0.2, 0.25) is 0 Å². The summed E-state index contributed by atoms with van der Waals surface area (Å²) >= 11 is 1.42. The first kappa shape index (κ1) is 21.9. The van der Waals surface area contributed by atoms with Crippen molar-refractivity contribution in [1.82, 2.24) is 5.32 Å². The summed E-state index contributed by atoms with van der Waals surface area (Å²) in [5.74, 6) is -0.429. The van der Waals surface area contributed by atoms with E-state index in [-0.39, 0.29) is 11.6 Å². The number of hydrogen-bond donors (Lipinski definition) is 2. The Kier molecular flexibility index (Phi) is 7.63. The molecular weight excluding hydrogens is 406 g/mol. The molecule has 31 heavy (non-hydrogen) atoms. The molecule has 0 spiro atoms. The third kappa shape index (κ3) is 6.59. The molecule has 6 heteroatoms. The summed E-state index contributed by atoms with van der Waals surface area (Å²) in [6, 6.07) is 25.7. The van der Waals surface area contributed by atoms with Crippen LogP contribution in [0.25, 0.3) is 6.08 Å². The smallest absolute Gasteiger partial charge is 0.272 e. The van der Waals surface area contributed by atoms with E-state index in [0.717, 1.165) is 16.0 Å². The Bertz CT molecular complexity index is 1130. The van der Waals surface area contributed by atoms with Crippen LogP contribution in [0.1, 0.15) is 21.5 Å². The van der Waals surface area contributed by atoms with Gasteiger partial charge < -0.3 is 10.6 Å². The minimum Gasteiger partial charge on any atom is -0.321 e. The first-order chi connectivity index (χ1) is 15.0. The third-order valence-electron chi connectivity index (χ3n) is 4.30. The van der Waals surface area contributed by atoms with Crippen LogP contribution in [-0.4, -0.2) is 17.6 Å². The number of thioether (sulfide) groups is 1. The van der Waals surface area contributed by atoms with E-state index in [2.05, 4.69) is 16.7 Å². The highest BCUT2D eigenvalue weighted by atomic mass is 32.2. The molecule has 0 unspecified atom stereocenters. The summed E-state index contributed by atoms with van der Waals surface area (Å²) in [6.07, 6.45) is 1.65. The topological polar surface area (TPSA) is 82.0 Å². The van der Waals surface area contributed by atoms with Gasteiger partial charge in [0.15, 0.2) is 0 Å². The van der Waals surface area contributed by atoms with Crippen molar-refractivity contribution in [3.63, 3.8) is 0 Å². The monoisotopic (exact) mass is 427 g/mol. The zero-order valence-electron chi connectivity index (χ0n) is 17.0. The maximum absolute atomic E-state index is 13.0. The fourth-order valence-electron chi connectivity index (χ4n) is 2.82. The van der Waals surface area contributed by atoms with Crippen LogP contribution in [0.5, 0.6) is 0 Å². The SMILES string of the molecule is Cc1cccc(/C=C(\NC(=O)c2ccccc2)C(=O)Nc2ccc(SCC#N)cc2)c1. The number of anilines is 1. The predicted octanol–water partition coefficient (Wildman–Crippen LogP) is 5.02. The molecule has 0 aromatic heterocycles. The second-order valence-electron chi connectivity index (χ2n) is 6.72. The lowest BCUT2D eigenvalue weighted by atomic mass is 10.1. The summed E-state index contributed by atoms with van der Waals surface area (Å²) in [4.78, 5) is 26.6. The summed E-state index contributed by atoms with van der Waals surface area (Å²) in [7, 11) is 0. The van der Waals surface area contributed by atoms with Gasteiger partial charge in [0, 0.05) is 16.1 Å². The molecule has 0 aliphatic rings. The Morgan fingerprint density at radius 3 is 2.42 bits per heavy atom. The van der Waals surface area contributed by atoms with E-state index in [1.54, 1.807) is 42.5 Å². The highest BCUT2D eigenvalue weighted by molar-refractivity contribution is 7.99. The van der Waals surface area contributed by atoms with E-state index in [0.29, 0.717) is 17.0 Å². The Labute approximate surface area is 185 Å². The quantitative estimate of drug-likeness (QED) is 0.410. The largest absolute Gasteiger partial charge is 0.321 e. The number of hydrogen-bond acceptors (Lipinski definition) is 4. The van der Waals surface area contributed by atoms with E-state index in [1.807, 2.05) is 49.4 Å². The van der Waals surface area contributed by atoms with E-state index in [4.69, 9.17) is 5.26 Å². The van der Waals surface area contributed by atoms with Crippen molar-refractivity contribution in [2.45, 2.75) is 11.8 Å². The molecule has 3 aromatic rings. The summed E-state index contributed by atoms with van der Waals surface area (Å²) < 4.78 is 0. The minimum atomic E-state index is -0.428. The molecule has 154 valence electrons. The fraction of sp³-hybridized carbons (Fsp3) is 0.0800. The normalized spacial score (nSPS) is 10.8. The number of rotatable bonds is 7. The number of nitrogens with one attached hydrogen (secondary N) is 2. The Hall–Kier alpha value is -3.82. The first-order valence-electron chi connectivity index (χ1n) is 9.61. The highest BCUT2D eigenvalue weighted by Crippen LogP contribution is 2.20. The van der Waals surface area contributed by atoms with E-state index in [9.17, 15) is 9.59 Å². The number of carbonyl (C=O) groups excluding carboxylic acids is 2. The lowest BCUT2D eigenvalue weighted by Crippen LogP contribution is -2.30. The van der Waals surface area contributed by atoms with Crippen LogP contribution >= 0.6 is 11.8 Å². The Morgan fingerprint density at radius 2 is 1.74 bits per heavy atom. The molecule has 0 aliphatic heterocycles. The molecule has 2 N–H and O–H groups in total. The Balaban J connectivity index is 1.82. The zero-order valence-corrected chi connectivity index (χ0v) is 17.8. The number of aryl methyl sites for hydroxylation is 1. The molecule has 3 aromatic carbocycles. The van der Waals surface area contributed by atoms with E-state index < -0.39 is 5.91 Å². The lowest BCUT2D eigenvalue weighted by Gasteiger charge is -2.12. The molecule has 0 saturated carbocycles. The molecule has 0 heterocycles. The van der Waals surface area contributed by atoms with Crippen LogP contribution in [0.3, 0.4) is 0 Å². The molecule has 0 atom stereocenters. The molecule has 0 radical (unpaired) electrons. The summed E-state index contributed by atoms with van der Waals surface area (Å²) in [5.41, 5.74) is 3.05. The maximum Gasteiger partial charge on any atom is 0.272 e. The van der Waals surface area contributed by atoms with E-state index >= 15 is 0 Å². The van der Waals surface area contributed by atoms with Crippen LogP contribution in [0, 0.1) is 18.3 Å². The van der Waals surface area contributed by atoms with Crippen LogP contribution < -0.4 is 10.6 Å². The van der Waals surface area contributed by atoms with Gasteiger partial charge in [0.25, 0.3) is 11.8 Å². The average Bonchev–Trinajstić information content (AvgIpc) is 2.78. The highest BCUT2D eigenvalue weighted by Gasteiger charge is 2.15. The van der Waals surface area contributed by atoms with Gasteiger partial charge in [0.05, 0.1) is 11.8 Å². The van der Waals surface area contributed by atoms with Gasteiger partial charge in [-0.05, 0) is 55.0 Å². The molecule has 0 saturated heterocycles. The van der Waals surface area contributed by atoms with E-state index in [1.165, 1.54) is 11.8 Å². The molecule has 2 amide bonds. The molecule has 0 bridgehead atoms. The Morgan fingerprint density at radius 1 is 1.00 bits per heavy atom. The summed E-state index contributed by atoms with van der Waals surface area (Å²) in [6.45, 7) is 1.96. The fourth-order valence-corrected chi connectivity index (χ4v) is 3.38. The van der Waals surface area contributed by atoms with Crippen molar-refractivity contribution in [3.05, 3.63) is 101 Å². The molecular formula is C25H21N3O2S. The van der Waals surface area contributed by atoms with Gasteiger partial charge in [0.1, 0.15) is 5.70 Å². The van der Waals surface area contributed by atoms with Crippen molar-refractivity contribution in [1.29, 1.82) is 5.26 Å². The maximum atomic E-state index is 13.0. The van der Waals surface area contributed by atoms with Crippen LogP contribution in [0.15, 0.2) is 89.5 Å². The number of carbonyl (C=O) groups is 2. The van der Waals surface area contributed by atoms with Crippen LogP contribution in [0.4, 0.5) is 5.69 Å².